The fraction of sp³-hybridized carbons (Fsp3) is 0.688. The molecule has 3 aliphatic carbocycles. The molecule has 11 atom stereocenters. The quantitative estimate of drug-likeness (QED) is 0.132. The Morgan fingerprint density at radius 2 is 1.82 bits per heavy atom. The van der Waals surface area contributed by atoms with Crippen molar-refractivity contribution in [3.63, 3.8) is 0 Å². The lowest BCUT2D eigenvalue weighted by Gasteiger charge is -2.67. The third-order valence-corrected chi connectivity index (χ3v) is 11.5. The number of amides is 1. The van der Waals surface area contributed by atoms with Crippen LogP contribution < -0.4 is 5.32 Å². The molecule has 1 saturated heterocycles. The molecule has 2 saturated carbocycles. The zero-order chi connectivity index (χ0) is 32.4. The number of aliphatic hydroxyl groups excluding tert-OH is 3. The number of carbonyl (C=O) groups is 2. The van der Waals surface area contributed by atoms with Gasteiger partial charge in [-0.25, -0.2) is 9.68 Å². The maximum Gasteiger partial charge on any atom is 0.407 e. The molecule has 12 heteroatoms. The summed E-state index contributed by atoms with van der Waals surface area (Å²) in [5.74, 6) is -3.44. The predicted octanol–water partition coefficient (Wildman–Crippen LogP) is 1.32. The van der Waals surface area contributed by atoms with Gasteiger partial charge in [0.2, 0.25) is 0 Å². The average molecular weight is 620 g/mol. The normalized spacial score (nSPS) is 40.8. The number of benzene rings is 1. The van der Waals surface area contributed by atoms with Crippen molar-refractivity contribution in [3.8, 4) is 0 Å². The Balaban J connectivity index is 1.46. The van der Waals surface area contributed by atoms with Crippen LogP contribution in [0.4, 0.5) is 4.79 Å². The monoisotopic (exact) mass is 619 g/mol. The number of rotatable bonds is 7. The molecule has 44 heavy (non-hydrogen) atoms. The Bertz CT molecular complexity index is 1300. The van der Waals surface area contributed by atoms with Crippen LogP contribution >= 0.6 is 0 Å². The molecule has 12 nitrogen and oxygen atoms in total. The molecule has 0 spiro atoms. The van der Waals surface area contributed by atoms with Crippen molar-refractivity contribution in [2.45, 2.75) is 95.8 Å². The summed E-state index contributed by atoms with van der Waals surface area (Å²) in [6.07, 6.45) is -7.52. The van der Waals surface area contributed by atoms with E-state index in [2.05, 4.69) is 5.32 Å². The van der Waals surface area contributed by atoms with Gasteiger partial charge < -0.3 is 40.3 Å². The molecule has 4 aliphatic rings. The Labute approximate surface area is 256 Å². The predicted molar refractivity (Wildman–Crippen MR) is 155 cm³/mol. The maximum atomic E-state index is 14.2. The first kappa shape index (κ1) is 33.0. The minimum atomic E-state index is -1.77. The average Bonchev–Trinajstić information content (AvgIpc) is 2.98. The van der Waals surface area contributed by atoms with Crippen LogP contribution in [-0.4, -0.2) is 97.5 Å². The lowest BCUT2D eigenvalue weighted by atomic mass is 9.42. The number of ketones is 1. The van der Waals surface area contributed by atoms with Gasteiger partial charge in [-0.2, -0.15) is 0 Å². The molecule has 1 heterocycles. The van der Waals surface area contributed by atoms with Crippen LogP contribution in [0.25, 0.3) is 0 Å². The number of ether oxygens (including phenoxy) is 2. The van der Waals surface area contributed by atoms with E-state index in [4.69, 9.17) is 14.4 Å². The van der Waals surface area contributed by atoms with Gasteiger partial charge in [0.05, 0.1) is 29.8 Å². The fourth-order valence-corrected chi connectivity index (χ4v) is 8.91. The van der Waals surface area contributed by atoms with Gasteiger partial charge in [-0.15, -0.1) is 0 Å². The Hall–Kier alpha value is -2.42. The zero-order valence-corrected chi connectivity index (χ0v) is 25.8. The Morgan fingerprint density at radius 3 is 2.41 bits per heavy atom. The standard InChI is InChI=1S/C32H45NO11/c1-16-19(25(44-41)20(34)13-33-28(38)42-14-18-9-7-6-8-10-18)12-32(40)17(2)26-30(5,21(35)11-22-31(26,39)15-43-22)27(37)24(36)23(16)29(32,3)4/h6-10,17,19-22,24-26,34-36,39-41H,11-15H2,1-5H3,(H,33,38)/t17?,19?,20?,21?,22?,24?,25-,26?,30-,31?,32?/m1/s1. The Kier molecular flexibility index (Phi) is 8.56. The highest BCUT2D eigenvalue weighted by Gasteiger charge is 2.74. The molecular weight excluding hydrogens is 574 g/mol. The number of carbonyl (C=O) groups excluding carboxylic acids is 2. The van der Waals surface area contributed by atoms with Crippen LogP contribution in [-0.2, 0) is 25.8 Å². The summed E-state index contributed by atoms with van der Waals surface area (Å²) >= 11 is 0. The van der Waals surface area contributed by atoms with Gasteiger partial charge in [-0.1, -0.05) is 56.7 Å². The van der Waals surface area contributed by atoms with Crippen molar-refractivity contribution in [3.05, 3.63) is 47.0 Å². The minimum absolute atomic E-state index is 0.00452. The molecule has 1 aliphatic heterocycles. The van der Waals surface area contributed by atoms with Crippen molar-refractivity contribution < 1.29 is 54.7 Å². The molecule has 1 amide bonds. The van der Waals surface area contributed by atoms with E-state index in [-0.39, 0.29) is 38.2 Å². The van der Waals surface area contributed by atoms with E-state index in [1.807, 2.05) is 6.07 Å². The molecule has 0 radical (unpaired) electrons. The fourth-order valence-electron chi connectivity index (χ4n) is 8.91. The molecule has 1 aromatic carbocycles. The second-order valence-electron chi connectivity index (χ2n) is 13.9. The molecule has 2 bridgehead atoms. The number of hydrogen-bond donors (Lipinski definition) is 7. The van der Waals surface area contributed by atoms with Crippen LogP contribution in [0.1, 0.15) is 53.0 Å². The van der Waals surface area contributed by atoms with Crippen LogP contribution in [0.3, 0.4) is 0 Å². The van der Waals surface area contributed by atoms with E-state index in [0.717, 1.165) is 5.56 Å². The first-order valence-electron chi connectivity index (χ1n) is 15.2. The van der Waals surface area contributed by atoms with Gasteiger partial charge in [-0.3, -0.25) is 10.1 Å². The number of aliphatic hydroxyl groups is 5. The largest absolute Gasteiger partial charge is 0.445 e. The summed E-state index contributed by atoms with van der Waals surface area (Å²) in [5, 5.41) is 71.1. The van der Waals surface area contributed by atoms with Crippen molar-refractivity contribution in [1.82, 2.24) is 5.32 Å². The van der Waals surface area contributed by atoms with Crippen molar-refractivity contribution in [2.75, 3.05) is 13.2 Å². The van der Waals surface area contributed by atoms with Crippen molar-refractivity contribution >= 4 is 11.9 Å². The summed E-state index contributed by atoms with van der Waals surface area (Å²) in [4.78, 5) is 31.3. The molecule has 9 unspecified atom stereocenters. The van der Waals surface area contributed by atoms with Crippen molar-refractivity contribution in [1.29, 1.82) is 0 Å². The van der Waals surface area contributed by atoms with Crippen LogP contribution in [0, 0.1) is 28.6 Å². The molecule has 1 aromatic rings. The molecule has 3 fully saturated rings. The third-order valence-electron chi connectivity index (χ3n) is 11.5. The number of fused-ring (bicyclic) bond motifs is 5. The summed E-state index contributed by atoms with van der Waals surface area (Å²) in [6.45, 7) is 7.87. The number of Topliss-reactive ketones (excluding diaryl/α,β-unsaturated/α-hetero) is 1. The van der Waals surface area contributed by atoms with Gasteiger partial charge in [0.1, 0.15) is 30.5 Å². The maximum absolute atomic E-state index is 14.2. The zero-order valence-electron chi connectivity index (χ0n) is 25.8. The van der Waals surface area contributed by atoms with Gasteiger partial charge in [-0.05, 0) is 37.3 Å². The molecule has 5 rings (SSSR count). The van der Waals surface area contributed by atoms with Crippen LogP contribution in [0.5, 0.6) is 0 Å². The first-order valence-corrected chi connectivity index (χ1v) is 15.2. The SMILES string of the molecule is CC1=C2C(O)C(=O)[C@]3(C)C(O)CC4OCC4(O)C3C(C)C(O)(CC1[C@@H](OO)C(O)CNC(=O)OCc1ccccc1)C2(C)C. The second kappa shape index (κ2) is 11.4. The second-order valence-corrected chi connectivity index (χ2v) is 13.9. The highest BCUT2D eigenvalue weighted by Crippen LogP contribution is 2.65. The smallest absolute Gasteiger partial charge is 0.407 e. The summed E-state index contributed by atoms with van der Waals surface area (Å²) in [5.41, 5.74) is -4.69. The highest BCUT2D eigenvalue weighted by molar-refractivity contribution is 5.93. The lowest BCUT2D eigenvalue weighted by Crippen LogP contribution is -2.78. The molecule has 7 N–H and O–H groups in total. The summed E-state index contributed by atoms with van der Waals surface area (Å²) < 4.78 is 10.8. The molecule has 0 aromatic heterocycles. The minimum Gasteiger partial charge on any atom is -0.445 e. The summed E-state index contributed by atoms with van der Waals surface area (Å²) in [7, 11) is 0. The summed E-state index contributed by atoms with van der Waals surface area (Å²) in [6, 6.07) is 9.03. The Morgan fingerprint density at radius 1 is 1.16 bits per heavy atom. The van der Waals surface area contributed by atoms with Crippen molar-refractivity contribution in [2.24, 2.45) is 28.6 Å². The third kappa shape index (κ3) is 4.73. The highest BCUT2D eigenvalue weighted by atomic mass is 17.1. The lowest BCUT2D eigenvalue weighted by molar-refractivity contribution is -0.338. The van der Waals surface area contributed by atoms with Gasteiger partial charge >= 0.3 is 6.09 Å². The van der Waals surface area contributed by atoms with E-state index in [1.54, 1.807) is 52.0 Å². The first-order chi connectivity index (χ1) is 20.6. The van der Waals surface area contributed by atoms with E-state index < -0.39 is 82.2 Å². The van der Waals surface area contributed by atoms with Crippen LogP contribution in [0.15, 0.2) is 41.5 Å². The van der Waals surface area contributed by atoms with Gasteiger partial charge in [0.15, 0.2) is 5.78 Å². The number of hydrogen-bond acceptors (Lipinski definition) is 11. The molecular formula is C32H45NO11. The van der Waals surface area contributed by atoms with E-state index >= 15 is 0 Å². The molecule has 244 valence electrons. The van der Waals surface area contributed by atoms with E-state index in [9.17, 15) is 40.4 Å². The van der Waals surface area contributed by atoms with Crippen LogP contribution in [0.2, 0.25) is 0 Å². The van der Waals surface area contributed by atoms with Gasteiger partial charge in [0, 0.05) is 30.2 Å². The van der Waals surface area contributed by atoms with E-state index in [1.165, 1.54) is 6.92 Å². The topological polar surface area (TPSA) is 195 Å². The van der Waals surface area contributed by atoms with Gasteiger partial charge in [0.25, 0.3) is 0 Å². The number of alkyl carbamates (subject to hydrolysis) is 1. The van der Waals surface area contributed by atoms with E-state index in [0.29, 0.717) is 5.57 Å². The number of nitrogens with one attached hydrogen (secondary N) is 1.